The van der Waals surface area contributed by atoms with Crippen molar-refractivity contribution in [3.63, 3.8) is 0 Å². The van der Waals surface area contributed by atoms with Gasteiger partial charge < -0.3 is 16.0 Å². The minimum atomic E-state index is -0.179. The average molecular weight is 282 g/mol. The molecule has 0 aromatic heterocycles. The zero-order valence-corrected chi connectivity index (χ0v) is 11.9. The summed E-state index contributed by atoms with van der Waals surface area (Å²) < 4.78 is 0. The molecule has 0 unspecified atom stereocenters. The van der Waals surface area contributed by atoms with Crippen LogP contribution in [0.25, 0.3) is 0 Å². The Morgan fingerprint density at radius 2 is 2.16 bits per heavy atom. The molecule has 2 rings (SSSR count). The van der Waals surface area contributed by atoms with E-state index in [1.807, 2.05) is 19.2 Å². The van der Waals surface area contributed by atoms with Gasteiger partial charge in [0.25, 0.3) is 0 Å². The van der Waals surface area contributed by atoms with Gasteiger partial charge in [0.05, 0.1) is 0 Å². The van der Waals surface area contributed by atoms with Gasteiger partial charge in [0.1, 0.15) is 0 Å². The maximum atomic E-state index is 11.1. The molecule has 1 aliphatic rings. The highest BCUT2D eigenvalue weighted by Crippen LogP contribution is 2.27. The monoisotopic (exact) mass is 281 g/mol. The van der Waals surface area contributed by atoms with Gasteiger partial charge in [0, 0.05) is 36.3 Å². The van der Waals surface area contributed by atoms with E-state index in [2.05, 4.69) is 16.3 Å². The molecule has 1 aromatic rings. The number of amides is 1. The number of carbonyl (C=O) groups excluding carboxylic acids is 1. The SMILES string of the molecule is CNCc1ccc(N2CCC(C(N)=O)CC2)cc1Cl. The maximum Gasteiger partial charge on any atom is 0.220 e. The number of nitrogens with one attached hydrogen (secondary N) is 1. The van der Waals surface area contributed by atoms with Crippen LogP contribution in [0.4, 0.5) is 5.69 Å². The van der Waals surface area contributed by atoms with E-state index in [-0.39, 0.29) is 11.8 Å². The van der Waals surface area contributed by atoms with Crippen LogP contribution in [0.1, 0.15) is 18.4 Å². The third-order valence-electron chi connectivity index (χ3n) is 3.67. The first-order chi connectivity index (χ1) is 9.11. The molecule has 1 amide bonds. The fraction of sp³-hybridized carbons (Fsp3) is 0.500. The number of carbonyl (C=O) groups is 1. The van der Waals surface area contributed by atoms with E-state index < -0.39 is 0 Å². The van der Waals surface area contributed by atoms with E-state index in [9.17, 15) is 4.79 Å². The first kappa shape index (κ1) is 14.2. The van der Waals surface area contributed by atoms with Crippen molar-refractivity contribution in [1.29, 1.82) is 0 Å². The molecule has 0 bridgehead atoms. The summed E-state index contributed by atoms with van der Waals surface area (Å²) in [6, 6.07) is 6.14. The van der Waals surface area contributed by atoms with Crippen molar-refractivity contribution < 1.29 is 4.79 Å². The predicted molar refractivity (Wildman–Crippen MR) is 78.3 cm³/mol. The Morgan fingerprint density at radius 1 is 1.47 bits per heavy atom. The minimum absolute atomic E-state index is 0.0234. The van der Waals surface area contributed by atoms with Gasteiger partial charge in [-0.3, -0.25) is 4.79 Å². The highest BCUT2D eigenvalue weighted by atomic mass is 35.5. The van der Waals surface area contributed by atoms with E-state index in [1.54, 1.807) is 0 Å². The van der Waals surface area contributed by atoms with Crippen LogP contribution in [-0.2, 0) is 11.3 Å². The van der Waals surface area contributed by atoms with Crippen molar-refractivity contribution in [3.8, 4) is 0 Å². The Labute approximate surface area is 118 Å². The molecule has 0 saturated carbocycles. The Morgan fingerprint density at radius 3 is 2.68 bits per heavy atom. The number of benzene rings is 1. The molecule has 19 heavy (non-hydrogen) atoms. The largest absolute Gasteiger partial charge is 0.371 e. The third-order valence-corrected chi connectivity index (χ3v) is 4.02. The van der Waals surface area contributed by atoms with Crippen LogP contribution in [0.2, 0.25) is 5.02 Å². The van der Waals surface area contributed by atoms with Crippen molar-refractivity contribution >= 4 is 23.2 Å². The zero-order valence-electron chi connectivity index (χ0n) is 11.2. The molecule has 4 nitrogen and oxygen atoms in total. The Balaban J connectivity index is 2.03. The lowest BCUT2D eigenvalue weighted by Gasteiger charge is -2.32. The first-order valence-corrected chi connectivity index (χ1v) is 6.97. The van der Waals surface area contributed by atoms with Crippen LogP contribution in [0.5, 0.6) is 0 Å². The number of halogens is 1. The molecule has 5 heteroatoms. The van der Waals surface area contributed by atoms with Crippen molar-refractivity contribution in [1.82, 2.24) is 5.32 Å². The topological polar surface area (TPSA) is 58.4 Å². The molecule has 0 radical (unpaired) electrons. The van der Waals surface area contributed by atoms with Crippen molar-refractivity contribution in [2.45, 2.75) is 19.4 Å². The molecule has 0 spiro atoms. The fourth-order valence-corrected chi connectivity index (χ4v) is 2.73. The fourth-order valence-electron chi connectivity index (χ4n) is 2.49. The van der Waals surface area contributed by atoms with E-state index in [1.165, 1.54) is 0 Å². The third kappa shape index (κ3) is 3.39. The van der Waals surface area contributed by atoms with Crippen LogP contribution in [0.3, 0.4) is 0 Å². The first-order valence-electron chi connectivity index (χ1n) is 6.59. The van der Waals surface area contributed by atoms with Gasteiger partial charge >= 0.3 is 0 Å². The van der Waals surface area contributed by atoms with Crippen LogP contribution in [0, 0.1) is 5.92 Å². The number of hydrogen-bond donors (Lipinski definition) is 2. The van der Waals surface area contributed by atoms with Crippen LogP contribution >= 0.6 is 11.6 Å². The zero-order chi connectivity index (χ0) is 13.8. The van der Waals surface area contributed by atoms with E-state index in [4.69, 9.17) is 17.3 Å². The lowest BCUT2D eigenvalue weighted by molar-refractivity contribution is -0.122. The number of hydrogen-bond acceptors (Lipinski definition) is 3. The normalized spacial score (nSPS) is 16.6. The number of nitrogens with two attached hydrogens (primary N) is 1. The van der Waals surface area contributed by atoms with Gasteiger partial charge in [-0.2, -0.15) is 0 Å². The molecule has 3 N–H and O–H groups in total. The molecular weight excluding hydrogens is 262 g/mol. The highest BCUT2D eigenvalue weighted by Gasteiger charge is 2.23. The van der Waals surface area contributed by atoms with Crippen molar-refractivity contribution in [2.24, 2.45) is 11.7 Å². The maximum absolute atomic E-state index is 11.1. The second-order valence-corrected chi connectivity index (χ2v) is 5.38. The van der Waals surface area contributed by atoms with Gasteiger partial charge in [0.15, 0.2) is 0 Å². The van der Waals surface area contributed by atoms with Crippen LogP contribution in [0.15, 0.2) is 18.2 Å². The van der Waals surface area contributed by atoms with Crippen LogP contribution < -0.4 is 16.0 Å². The Bertz CT molecular complexity index is 456. The second kappa shape index (κ2) is 6.26. The standard InChI is InChI=1S/C14H20ClN3O/c1-17-9-11-2-3-12(8-13(11)15)18-6-4-10(5-7-18)14(16)19/h2-3,8,10,17H,4-7,9H2,1H3,(H2,16,19). The number of anilines is 1. The second-order valence-electron chi connectivity index (χ2n) is 4.97. The molecule has 1 aromatic carbocycles. The molecule has 104 valence electrons. The summed E-state index contributed by atoms with van der Waals surface area (Å²) in [5, 5.41) is 3.87. The smallest absolute Gasteiger partial charge is 0.220 e. The molecule has 1 fully saturated rings. The van der Waals surface area contributed by atoms with Gasteiger partial charge in [0.2, 0.25) is 5.91 Å². The van der Waals surface area contributed by atoms with Crippen LogP contribution in [-0.4, -0.2) is 26.0 Å². The summed E-state index contributed by atoms with van der Waals surface area (Å²) in [6.45, 7) is 2.48. The highest BCUT2D eigenvalue weighted by molar-refractivity contribution is 6.31. The molecule has 1 heterocycles. The lowest BCUT2D eigenvalue weighted by atomic mass is 9.96. The summed E-state index contributed by atoms with van der Waals surface area (Å²) in [6.07, 6.45) is 1.65. The number of nitrogens with zero attached hydrogens (tertiary/aromatic N) is 1. The van der Waals surface area contributed by atoms with E-state index in [0.29, 0.717) is 0 Å². The van der Waals surface area contributed by atoms with Gasteiger partial charge in [-0.05, 0) is 37.6 Å². The summed E-state index contributed by atoms with van der Waals surface area (Å²) in [7, 11) is 1.90. The molecule has 0 aliphatic carbocycles. The van der Waals surface area contributed by atoms with Crippen molar-refractivity contribution in [3.05, 3.63) is 28.8 Å². The average Bonchev–Trinajstić information content (AvgIpc) is 2.41. The number of piperidine rings is 1. The lowest BCUT2D eigenvalue weighted by Crippen LogP contribution is -2.38. The Hall–Kier alpha value is -1.26. The molecule has 1 saturated heterocycles. The summed E-state index contributed by atoms with van der Waals surface area (Å²) in [5.41, 5.74) is 7.56. The van der Waals surface area contributed by atoms with Gasteiger partial charge in [-0.15, -0.1) is 0 Å². The molecule has 1 aliphatic heterocycles. The number of rotatable bonds is 4. The summed E-state index contributed by atoms with van der Waals surface area (Å²) >= 11 is 6.27. The summed E-state index contributed by atoms with van der Waals surface area (Å²) in [4.78, 5) is 13.4. The predicted octanol–water partition coefficient (Wildman–Crippen LogP) is 1.76. The van der Waals surface area contributed by atoms with Gasteiger partial charge in [-0.25, -0.2) is 0 Å². The Kier molecular flexibility index (Phi) is 4.66. The van der Waals surface area contributed by atoms with E-state index in [0.717, 1.165) is 48.7 Å². The van der Waals surface area contributed by atoms with Crippen molar-refractivity contribution in [2.75, 3.05) is 25.0 Å². The summed E-state index contributed by atoms with van der Waals surface area (Å²) in [5.74, 6) is -0.155. The van der Waals surface area contributed by atoms with Gasteiger partial charge in [-0.1, -0.05) is 17.7 Å². The van der Waals surface area contributed by atoms with E-state index >= 15 is 0 Å². The number of primary amides is 1. The minimum Gasteiger partial charge on any atom is -0.371 e. The molecular formula is C14H20ClN3O. The molecule has 0 atom stereocenters. The quantitative estimate of drug-likeness (QED) is 0.884.